The van der Waals surface area contributed by atoms with Gasteiger partial charge in [0.1, 0.15) is 0 Å². The minimum absolute atomic E-state index is 0.312. The first kappa shape index (κ1) is 12.1. The summed E-state index contributed by atoms with van der Waals surface area (Å²) in [5, 5.41) is 0. The van der Waals surface area contributed by atoms with Crippen molar-refractivity contribution in [2.75, 3.05) is 0 Å². The van der Waals surface area contributed by atoms with Gasteiger partial charge in [0.15, 0.2) is 0 Å². The van der Waals surface area contributed by atoms with E-state index >= 15 is 0 Å². The first-order valence-corrected chi connectivity index (χ1v) is 5.55. The summed E-state index contributed by atoms with van der Waals surface area (Å²) in [5.74, 6) is 0. The highest BCUT2D eigenvalue weighted by atomic mass is 79.9. The summed E-state index contributed by atoms with van der Waals surface area (Å²) in [5.41, 5.74) is 0.275. The van der Waals surface area contributed by atoms with E-state index in [2.05, 4.69) is 20.9 Å². The van der Waals surface area contributed by atoms with Crippen molar-refractivity contribution in [2.45, 2.75) is 6.18 Å². The van der Waals surface area contributed by atoms with E-state index in [-0.39, 0.29) is 0 Å². The number of alkyl halides is 3. The zero-order chi connectivity index (χ0) is 12.5. The van der Waals surface area contributed by atoms with Gasteiger partial charge in [-0.25, -0.2) is 0 Å². The summed E-state index contributed by atoms with van der Waals surface area (Å²) in [7, 11) is 0. The largest absolute Gasteiger partial charge is 0.416 e. The molecule has 0 N–H and O–H groups in total. The van der Waals surface area contributed by atoms with Crippen LogP contribution in [0.25, 0.3) is 11.3 Å². The molecule has 17 heavy (non-hydrogen) atoms. The predicted molar refractivity (Wildman–Crippen MR) is 62.4 cm³/mol. The maximum Gasteiger partial charge on any atom is 0.416 e. The second-order valence-electron chi connectivity index (χ2n) is 3.43. The molecule has 0 aliphatic carbocycles. The molecule has 2 rings (SSSR count). The van der Waals surface area contributed by atoms with Crippen LogP contribution in [0, 0.1) is 0 Å². The van der Waals surface area contributed by atoms with E-state index in [1.807, 2.05) is 0 Å². The Hall–Kier alpha value is -1.36. The highest BCUT2D eigenvalue weighted by Crippen LogP contribution is 2.31. The normalized spacial score (nSPS) is 11.5. The predicted octanol–water partition coefficient (Wildman–Crippen LogP) is 4.53. The second kappa shape index (κ2) is 4.49. The van der Waals surface area contributed by atoms with Crippen LogP contribution in [0.1, 0.15) is 5.56 Å². The number of pyridine rings is 1. The highest BCUT2D eigenvalue weighted by Gasteiger charge is 2.30. The third kappa shape index (κ3) is 2.85. The van der Waals surface area contributed by atoms with Crippen LogP contribution in [-0.4, -0.2) is 4.98 Å². The number of aromatic nitrogens is 1. The molecule has 1 nitrogen and oxygen atoms in total. The van der Waals surface area contributed by atoms with E-state index in [1.165, 1.54) is 6.20 Å². The van der Waals surface area contributed by atoms with Crippen molar-refractivity contribution >= 4 is 15.9 Å². The number of halogens is 4. The van der Waals surface area contributed by atoms with E-state index in [4.69, 9.17) is 0 Å². The molecule has 5 heteroatoms. The molecule has 1 heterocycles. The number of hydrogen-bond donors (Lipinski definition) is 0. The Kier molecular flexibility index (Phi) is 3.19. The Balaban J connectivity index is 2.43. The number of rotatable bonds is 1. The minimum Gasteiger partial charge on any atom is -0.256 e. The third-order valence-electron chi connectivity index (χ3n) is 2.23. The summed E-state index contributed by atoms with van der Waals surface area (Å²) < 4.78 is 38.4. The van der Waals surface area contributed by atoms with Crippen LogP contribution in [0.4, 0.5) is 13.2 Å². The Morgan fingerprint density at radius 1 is 1.00 bits per heavy atom. The fourth-order valence-electron chi connectivity index (χ4n) is 1.39. The van der Waals surface area contributed by atoms with Crippen molar-refractivity contribution < 1.29 is 13.2 Å². The summed E-state index contributed by atoms with van der Waals surface area (Å²) >= 11 is 3.26. The Morgan fingerprint density at radius 3 is 2.24 bits per heavy atom. The van der Waals surface area contributed by atoms with Crippen molar-refractivity contribution in [2.24, 2.45) is 0 Å². The molecule has 1 aromatic heterocycles. The van der Waals surface area contributed by atoms with E-state index in [0.29, 0.717) is 11.3 Å². The molecule has 0 unspecified atom stereocenters. The van der Waals surface area contributed by atoms with Gasteiger partial charge in [0, 0.05) is 16.2 Å². The van der Waals surface area contributed by atoms with Crippen LogP contribution in [-0.2, 0) is 6.18 Å². The lowest BCUT2D eigenvalue weighted by molar-refractivity contribution is -0.137. The van der Waals surface area contributed by atoms with Crippen LogP contribution in [0.3, 0.4) is 0 Å². The summed E-state index contributed by atoms with van der Waals surface area (Å²) in [6, 6.07) is 8.96. The third-order valence-corrected chi connectivity index (χ3v) is 2.76. The molecule has 0 aliphatic heterocycles. The van der Waals surface area contributed by atoms with Crippen LogP contribution in [0.5, 0.6) is 0 Å². The van der Waals surface area contributed by atoms with Crippen molar-refractivity contribution in [3.8, 4) is 11.3 Å². The first-order valence-electron chi connectivity index (χ1n) is 4.76. The van der Waals surface area contributed by atoms with Crippen LogP contribution in [0.15, 0.2) is 47.1 Å². The van der Waals surface area contributed by atoms with Gasteiger partial charge in [-0.05, 0) is 24.3 Å². The summed E-state index contributed by atoms with van der Waals surface area (Å²) in [6.07, 6.45) is -3.17. The van der Waals surface area contributed by atoms with Crippen molar-refractivity contribution in [1.29, 1.82) is 0 Å². The SMILES string of the molecule is FC(F)(F)c1ccnc(-c2ccc(Br)cc2)c1. The summed E-state index contributed by atoms with van der Waals surface area (Å²) in [4.78, 5) is 3.94. The zero-order valence-electron chi connectivity index (χ0n) is 8.50. The molecular formula is C12H7BrF3N. The molecule has 0 saturated heterocycles. The van der Waals surface area contributed by atoms with Gasteiger partial charge in [0.2, 0.25) is 0 Å². The molecule has 0 radical (unpaired) electrons. The molecule has 0 amide bonds. The van der Waals surface area contributed by atoms with Gasteiger partial charge in [0.25, 0.3) is 0 Å². The molecule has 0 spiro atoms. The molecule has 2 aromatic rings. The summed E-state index contributed by atoms with van der Waals surface area (Å²) in [6.45, 7) is 0. The average Bonchev–Trinajstić information content (AvgIpc) is 2.29. The minimum atomic E-state index is -4.34. The van der Waals surface area contributed by atoms with Crippen LogP contribution < -0.4 is 0 Å². The monoisotopic (exact) mass is 301 g/mol. The lowest BCUT2D eigenvalue weighted by Crippen LogP contribution is -2.05. The van der Waals surface area contributed by atoms with Gasteiger partial charge in [0.05, 0.1) is 11.3 Å². The molecule has 0 fully saturated rings. The molecule has 0 atom stereocenters. The fraction of sp³-hybridized carbons (Fsp3) is 0.0833. The molecular weight excluding hydrogens is 295 g/mol. The van der Waals surface area contributed by atoms with Gasteiger partial charge >= 0.3 is 6.18 Å². The van der Waals surface area contributed by atoms with Gasteiger partial charge in [-0.1, -0.05) is 28.1 Å². The number of hydrogen-bond acceptors (Lipinski definition) is 1. The lowest BCUT2D eigenvalue weighted by Gasteiger charge is -2.08. The maximum atomic E-state index is 12.5. The molecule has 0 bridgehead atoms. The second-order valence-corrected chi connectivity index (χ2v) is 4.35. The van der Waals surface area contributed by atoms with Crippen LogP contribution in [0.2, 0.25) is 0 Å². The topological polar surface area (TPSA) is 12.9 Å². The fourth-order valence-corrected chi connectivity index (χ4v) is 1.65. The smallest absolute Gasteiger partial charge is 0.256 e. The van der Waals surface area contributed by atoms with E-state index in [0.717, 1.165) is 16.6 Å². The number of nitrogens with zero attached hydrogens (tertiary/aromatic N) is 1. The molecule has 0 saturated carbocycles. The first-order chi connectivity index (χ1) is 7.97. The highest BCUT2D eigenvalue weighted by molar-refractivity contribution is 9.10. The van der Waals surface area contributed by atoms with Crippen LogP contribution >= 0.6 is 15.9 Å². The molecule has 0 aliphatic rings. The number of benzene rings is 1. The Labute approximate surface area is 104 Å². The zero-order valence-corrected chi connectivity index (χ0v) is 10.1. The maximum absolute atomic E-state index is 12.5. The van der Waals surface area contributed by atoms with Gasteiger partial charge in [-0.2, -0.15) is 13.2 Å². The van der Waals surface area contributed by atoms with E-state index < -0.39 is 11.7 Å². The Bertz CT molecular complexity index is 520. The van der Waals surface area contributed by atoms with E-state index in [9.17, 15) is 13.2 Å². The van der Waals surface area contributed by atoms with Crippen molar-refractivity contribution in [1.82, 2.24) is 4.98 Å². The van der Waals surface area contributed by atoms with Crippen molar-refractivity contribution in [3.05, 3.63) is 52.6 Å². The standard InChI is InChI=1S/C12H7BrF3N/c13-10-3-1-8(2-4-10)11-7-9(5-6-17-11)12(14,15)16/h1-7H. The van der Waals surface area contributed by atoms with Gasteiger partial charge < -0.3 is 0 Å². The quantitative estimate of drug-likeness (QED) is 0.754. The molecule has 1 aromatic carbocycles. The van der Waals surface area contributed by atoms with Crippen molar-refractivity contribution in [3.63, 3.8) is 0 Å². The average molecular weight is 302 g/mol. The lowest BCUT2D eigenvalue weighted by atomic mass is 10.1. The molecule has 88 valence electrons. The Morgan fingerprint density at radius 2 is 1.65 bits per heavy atom. The van der Waals surface area contributed by atoms with Gasteiger partial charge in [-0.3, -0.25) is 4.98 Å². The van der Waals surface area contributed by atoms with E-state index in [1.54, 1.807) is 24.3 Å². The van der Waals surface area contributed by atoms with Gasteiger partial charge in [-0.15, -0.1) is 0 Å².